The van der Waals surface area contributed by atoms with E-state index in [0.29, 0.717) is 12.1 Å². The average Bonchev–Trinajstić information content (AvgIpc) is 3.09. The van der Waals surface area contributed by atoms with E-state index in [1.54, 1.807) is 16.8 Å². The highest BCUT2D eigenvalue weighted by atomic mass is 19.1. The Hall–Kier alpha value is -1.44. The van der Waals surface area contributed by atoms with Gasteiger partial charge in [0.1, 0.15) is 5.73 Å². The molecule has 1 unspecified atom stereocenters. The first kappa shape index (κ1) is 18.4. The molecule has 3 rings (SSSR count). The highest BCUT2D eigenvalue weighted by molar-refractivity contribution is 6.54. The van der Waals surface area contributed by atoms with Crippen molar-refractivity contribution in [1.82, 2.24) is 4.57 Å². The second-order valence-corrected chi connectivity index (χ2v) is 7.71. The van der Waals surface area contributed by atoms with Gasteiger partial charge in [-0.3, -0.25) is 4.79 Å². The summed E-state index contributed by atoms with van der Waals surface area (Å²) in [4.78, 5) is 12.0. The van der Waals surface area contributed by atoms with Crippen LogP contribution in [0.3, 0.4) is 0 Å². The predicted octanol–water partition coefficient (Wildman–Crippen LogP) is 2.97. The summed E-state index contributed by atoms with van der Waals surface area (Å²) in [5.41, 5.74) is -1.24. The number of hydrogen-bond donors (Lipinski definition) is 0. The molecule has 7 heteroatoms. The Morgan fingerprint density at radius 3 is 2.60 bits per heavy atom. The summed E-state index contributed by atoms with van der Waals surface area (Å²) in [7, 11) is -1.04. The minimum atomic E-state index is -1.04. The number of aromatic nitrogens is 1. The minimum absolute atomic E-state index is 0.0462. The molecule has 3 heterocycles. The first-order valence-corrected chi connectivity index (χ1v) is 8.73. The van der Waals surface area contributed by atoms with Crippen LogP contribution in [-0.2, 0) is 20.6 Å². The maximum Gasteiger partial charge on any atom is 0.525 e. The van der Waals surface area contributed by atoms with Crippen LogP contribution in [0.5, 0.6) is 0 Å². The van der Waals surface area contributed by atoms with E-state index in [9.17, 15) is 9.18 Å². The standard InChI is InChI=1S/C18H25BFNO4/c1-17(2)18(3,4)25-19(24-17)15(20)10-13-7-8-16(22)21(11-13)12-14-6-5-9-23-14/h7-8,10-11,14H,5-6,9,12H2,1-4H3. The lowest BCUT2D eigenvalue weighted by Gasteiger charge is -2.32. The molecule has 0 saturated carbocycles. The molecule has 2 aliphatic rings. The lowest BCUT2D eigenvalue weighted by molar-refractivity contribution is 0.00578. The van der Waals surface area contributed by atoms with Gasteiger partial charge >= 0.3 is 7.12 Å². The summed E-state index contributed by atoms with van der Waals surface area (Å²) in [6.45, 7) is 8.72. The normalized spacial score (nSPS) is 25.6. The summed E-state index contributed by atoms with van der Waals surface area (Å²) >= 11 is 0. The quantitative estimate of drug-likeness (QED) is 0.785. The molecule has 0 N–H and O–H groups in total. The van der Waals surface area contributed by atoms with E-state index in [4.69, 9.17) is 14.0 Å². The molecule has 25 heavy (non-hydrogen) atoms. The maximum absolute atomic E-state index is 14.6. The third kappa shape index (κ3) is 3.88. The van der Waals surface area contributed by atoms with Crippen LogP contribution in [-0.4, -0.2) is 35.6 Å². The summed E-state index contributed by atoms with van der Waals surface area (Å²) in [6.07, 6.45) is 5.00. The van der Waals surface area contributed by atoms with Gasteiger partial charge in [-0.15, -0.1) is 0 Å². The molecule has 2 saturated heterocycles. The maximum atomic E-state index is 14.6. The van der Waals surface area contributed by atoms with Crippen LogP contribution < -0.4 is 5.56 Å². The molecule has 0 amide bonds. The van der Waals surface area contributed by atoms with Gasteiger partial charge in [0.15, 0.2) is 0 Å². The molecule has 0 radical (unpaired) electrons. The number of pyridine rings is 1. The Morgan fingerprint density at radius 2 is 2.00 bits per heavy atom. The van der Waals surface area contributed by atoms with Gasteiger partial charge in [-0.1, -0.05) is 0 Å². The smallest absolute Gasteiger partial charge is 0.398 e. The lowest BCUT2D eigenvalue weighted by atomic mass is 9.87. The van der Waals surface area contributed by atoms with Crippen molar-refractivity contribution in [3.05, 3.63) is 40.0 Å². The molecule has 2 fully saturated rings. The lowest BCUT2D eigenvalue weighted by Crippen LogP contribution is -2.41. The third-order valence-electron chi connectivity index (χ3n) is 5.21. The fourth-order valence-electron chi connectivity index (χ4n) is 2.97. The van der Waals surface area contributed by atoms with Crippen molar-refractivity contribution in [2.24, 2.45) is 0 Å². The van der Waals surface area contributed by atoms with E-state index in [2.05, 4.69) is 0 Å². The van der Waals surface area contributed by atoms with Crippen LogP contribution in [0, 0.1) is 0 Å². The topological polar surface area (TPSA) is 49.7 Å². The second-order valence-electron chi connectivity index (χ2n) is 7.71. The molecule has 0 aromatic carbocycles. The largest absolute Gasteiger partial charge is 0.525 e. The fourth-order valence-corrected chi connectivity index (χ4v) is 2.97. The minimum Gasteiger partial charge on any atom is -0.398 e. The number of ether oxygens (including phenoxy) is 1. The summed E-state index contributed by atoms with van der Waals surface area (Å²) in [5, 5.41) is 0. The van der Waals surface area contributed by atoms with E-state index in [1.807, 2.05) is 27.7 Å². The van der Waals surface area contributed by atoms with Gasteiger partial charge < -0.3 is 18.6 Å². The zero-order valence-electron chi connectivity index (χ0n) is 15.3. The Labute approximate surface area is 147 Å². The summed E-state index contributed by atoms with van der Waals surface area (Å²) < 4.78 is 33.2. The molecule has 0 spiro atoms. The molecule has 5 nitrogen and oxygen atoms in total. The molecule has 1 aromatic heterocycles. The zero-order valence-corrected chi connectivity index (χ0v) is 15.3. The highest BCUT2D eigenvalue weighted by Gasteiger charge is 2.53. The summed E-state index contributed by atoms with van der Waals surface area (Å²) in [5.74, 6) is 0. The van der Waals surface area contributed by atoms with Crippen molar-refractivity contribution >= 4 is 13.2 Å². The van der Waals surface area contributed by atoms with Gasteiger partial charge in [-0.05, 0) is 58.2 Å². The van der Waals surface area contributed by atoms with Crippen molar-refractivity contribution in [3.8, 4) is 0 Å². The molecular formula is C18H25BFNO4. The highest BCUT2D eigenvalue weighted by Crippen LogP contribution is 2.39. The van der Waals surface area contributed by atoms with Crippen molar-refractivity contribution in [1.29, 1.82) is 0 Å². The first-order chi connectivity index (χ1) is 11.7. The number of hydrogen-bond acceptors (Lipinski definition) is 4. The average molecular weight is 349 g/mol. The van der Waals surface area contributed by atoms with E-state index in [-0.39, 0.29) is 11.7 Å². The molecule has 1 aromatic rings. The Bertz CT molecular complexity index is 706. The fraction of sp³-hybridized carbons (Fsp3) is 0.611. The number of rotatable bonds is 4. The monoisotopic (exact) mass is 349 g/mol. The second kappa shape index (κ2) is 6.70. The number of nitrogens with zero attached hydrogens (tertiary/aromatic N) is 1. The van der Waals surface area contributed by atoms with E-state index >= 15 is 0 Å². The van der Waals surface area contributed by atoms with Crippen LogP contribution in [0.15, 0.2) is 28.9 Å². The van der Waals surface area contributed by atoms with E-state index in [1.165, 1.54) is 12.1 Å². The van der Waals surface area contributed by atoms with Crippen LogP contribution in [0.25, 0.3) is 6.08 Å². The Morgan fingerprint density at radius 1 is 1.32 bits per heavy atom. The van der Waals surface area contributed by atoms with E-state index < -0.39 is 24.0 Å². The third-order valence-corrected chi connectivity index (χ3v) is 5.21. The summed E-state index contributed by atoms with van der Waals surface area (Å²) in [6, 6.07) is 3.04. The molecule has 0 bridgehead atoms. The SMILES string of the molecule is CC1(C)OB(C(F)=Cc2ccc(=O)n(CC3CCCO3)c2)OC1(C)C. The van der Waals surface area contributed by atoms with Gasteiger partial charge in [-0.25, -0.2) is 4.39 Å². The molecule has 2 aliphatic heterocycles. The Balaban J connectivity index is 1.77. The van der Waals surface area contributed by atoms with Crippen molar-refractivity contribution in [2.45, 2.75) is 64.4 Å². The molecule has 136 valence electrons. The van der Waals surface area contributed by atoms with Crippen molar-refractivity contribution in [3.63, 3.8) is 0 Å². The van der Waals surface area contributed by atoms with Gasteiger partial charge in [-0.2, -0.15) is 0 Å². The Kier molecular flexibility index (Phi) is 4.92. The van der Waals surface area contributed by atoms with Crippen LogP contribution in [0.1, 0.15) is 46.1 Å². The van der Waals surface area contributed by atoms with Gasteiger partial charge in [0.2, 0.25) is 0 Å². The van der Waals surface area contributed by atoms with Crippen molar-refractivity contribution < 1.29 is 18.4 Å². The van der Waals surface area contributed by atoms with E-state index in [0.717, 1.165) is 19.4 Å². The molecule has 0 aliphatic carbocycles. The zero-order chi connectivity index (χ0) is 18.2. The predicted molar refractivity (Wildman–Crippen MR) is 94.8 cm³/mol. The molecular weight excluding hydrogens is 324 g/mol. The van der Waals surface area contributed by atoms with Gasteiger partial charge in [0.25, 0.3) is 5.56 Å². The first-order valence-electron chi connectivity index (χ1n) is 8.73. The molecule has 1 atom stereocenters. The van der Waals surface area contributed by atoms with Gasteiger partial charge in [0, 0.05) is 18.9 Å². The van der Waals surface area contributed by atoms with Crippen LogP contribution in [0.4, 0.5) is 4.39 Å². The van der Waals surface area contributed by atoms with Crippen LogP contribution in [0.2, 0.25) is 0 Å². The van der Waals surface area contributed by atoms with Crippen LogP contribution >= 0.6 is 0 Å². The number of halogens is 1. The van der Waals surface area contributed by atoms with Crippen molar-refractivity contribution in [2.75, 3.05) is 6.61 Å². The van der Waals surface area contributed by atoms with Gasteiger partial charge in [0.05, 0.1) is 23.9 Å².